The lowest BCUT2D eigenvalue weighted by Crippen LogP contribution is -1.73. The third-order valence-corrected chi connectivity index (χ3v) is 1.76. The molecule has 0 aliphatic rings. The van der Waals surface area contributed by atoms with Crippen LogP contribution in [0.5, 0.6) is 0 Å². The van der Waals surface area contributed by atoms with Crippen LogP contribution in [0.3, 0.4) is 0 Å². The molecule has 0 radical (unpaired) electrons. The molecule has 0 aliphatic carbocycles. The number of unbranched alkanes of at least 4 members (excludes halogenated alkanes) is 3. The van der Waals surface area contributed by atoms with Crippen LogP contribution in [0.1, 0.15) is 45.4 Å². The maximum absolute atomic E-state index is 9.98. The number of carbonyl (C=O) groups is 1. The van der Waals surface area contributed by atoms with Gasteiger partial charge in [0.05, 0.1) is 0 Å². The topological polar surface area (TPSA) is 17.1 Å². The van der Waals surface area contributed by atoms with Crippen molar-refractivity contribution >= 4 is 6.29 Å². The molecule has 13 heavy (non-hydrogen) atoms. The predicted molar refractivity (Wildman–Crippen MR) is 57.7 cm³/mol. The largest absolute Gasteiger partial charge is 0.303 e. The molecule has 0 aliphatic heterocycles. The van der Waals surface area contributed by atoms with Gasteiger partial charge in [-0.25, -0.2) is 0 Å². The molecule has 0 spiro atoms. The number of rotatable bonds is 8. The summed E-state index contributed by atoms with van der Waals surface area (Å²) in [7, 11) is 0. The van der Waals surface area contributed by atoms with E-state index in [9.17, 15) is 4.79 Å². The van der Waals surface area contributed by atoms with Crippen LogP contribution >= 0.6 is 0 Å². The zero-order valence-electron chi connectivity index (χ0n) is 8.54. The van der Waals surface area contributed by atoms with Gasteiger partial charge in [0, 0.05) is 6.42 Å². The Labute approximate surface area is 81.5 Å². The maximum atomic E-state index is 9.98. The zero-order chi connectivity index (χ0) is 9.78. The summed E-state index contributed by atoms with van der Waals surface area (Å²) in [6.07, 6.45) is 15.9. The average Bonchev–Trinajstić information content (AvgIpc) is 2.16. The van der Waals surface area contributed by atoms with E-state index in [1.807, 2.05) is 0 Å². The highest BCUT2D eigenvalue weighted by atomic mass is 16.1. The average molecular weight is 180 g/mol. The number of carbonyl (C=O) groups excluding carboxylic acids is 1. The highest BCUT2D eigenvalue weighted by molar-refractivity contribution is 5.48. The van der Waals surface area contributed by atoms with Crippen molar-refractivity contribution in [1.82, 2.24) is 0 Å². The number of hydrogen-bond donors (Lipinski definition) is 0. The normalized spacial score (nSPS) is 11.5. The molecule has 0 unspecified atom stereocenters. The third-order valence-electron chi connectivity index (χ3n) is 1.76. The molecule has 0 aromatic heterocycles. The fraction of sp³-hybridized carbons (Fsp3) is 0.583. The number of allylic oxidation sites excluding steroid dienone is 4. The molecule has 0 bridgehead atoms. The molecule has 0 aromatic carbocycles. The minimum absolute atomic E-state index is 0.695. The lowest BCUT2D eigenvalue weighted by Gasteiger charge is -1.88. The summed E-state index contributed by atoms with van der Waals surface area (Å²) in [6, 6.07) is 0. The van der Waals surface area contributed by atoms with Crippen LogP contribution in [-0.2, 0) is 4.79 Å². The predicted octanol–water partition coefficient (Wildman–Crippen LogP) is 3.66. The second-order valence-electron chi connectivity index (χ2n) is 3.03. The summed E-state index contributed by atoms with van der Waals surface area (Å²) in [6.45, 7) is 2.14. The van der Waals surface area contributed by atoms with Gasteiger partial charge in [-0.3, -0.25) is 0 Å². The van der Waals surface area contributed by atoms with E-state index in [-0.39, 0.29) is 0 Å². The molecule has 0 heterocycles. The number of hydrogen-bond acceptors (Lipinski definition) is 1. The van der Waals surface area contributed by atoms with Gasteiger partial charge in [0.2, 0.25) is 0 Å². The molecule has 0 amide bonds. The highest BCUT2D eigenvalue weighted by Gasteiger charge is 1.81. The van der Waals surface area contributed by atoms with Gasteiger partial charge >= 0.3 is 0 Å². The van der Waals surface area contributed by atoms with Crippen molar-refractivity contribution in [3.05, 3.63) is 24.3 Å². The second-order valence-corrected chi connectivity index (χ2v) is 3.03. The molecule has 74 valence electrons. The Morgan fingerprint density at radius 2 is 1.46 bits per heavy atom. The summed E-state index contributed by atoms with van der Waals surface area (Å²) in [5.41, 5.74) is 0. The van der Waals surface area contributed by atoms with Crippen LogP contribution in [0.15, 0.2) is 24.3 Å². The molecule has 0 aromatic rings. The molecule has 0 saturated carbocycles. The van der Waals surface area contributed by atoms with E-state index in [0.29, 0.717) is 6.42 Å². The molecule has 0 rings (SSSR count). The molecule has 0 fully saturated rings. The first-order valence-electron chi connectivity index (χ1n) is 5.15. The summed E-state index contributed by atoms with van der Waals surface area (Å²) >= 11 is 0. The van der Waals surface area contributed by atoms with Crippen molar-refractivity contribution < 1.29 is 4.79 Å². The molecular weight excluding hydrogens is 160 g/mol. The fourth-order valence-corrected chi connectivity index (χ4v) is 1.03. The SMILES string of the molecule is CCC=CCCC=CCCCC=O. The summed E-state index contributed by atoms with van der Waals surface area (Å²) in [4.78, 5) is 9.98. The molecular formula is C12H20O. The Hall–Kier alpha value is -0.850. The van der Waals surface area contributed by atoms with Crippen molar-refractivity contribution in [2.24, 2.45) is 0 Å². The monoisotopic (exact) mass is 180 g/mol. The molecule has 0 N–H and O–H groups in total. The molecule has 1 nitrogen and oxygen atoms in total. The van der Waals surface area contributed by atoms with E-state index < -0.39 is 0 Å². The van der Waals surface area contributed by atoms with Crippen LogP contribution < -0.4 is 0 Å². The van der Waals surface area contributed by atoms with Crippen molar-refractivity contribution in [1.29, 1.82) is 0 Å². The van der Waals surface area contributed by atoms with Crippen molar-refractivity contribution in [2.45, 2.75) is 45.4 Å². The Morgan fingerprint density at radius 3 is 2.08 bits per heavy atom. The van der Waals surface area contributed by atoms with E-state index in [4.69, 9.17) is 0 Å². The Bertz CT molecular complexity index is 157. The third kappa shape index (κ3) is 11.1. The van der Waals surface area contributed by atoms with Crippen LogP contribution in [0.4, 0.5) is 0 Å². The first-order chi connectivity index (χ1) is 6.41. The second kappa shape index (κ2) is 11.2. The standard InChI is InChI=1S/C12H20O/c1-2-3-4-5-6-7-8-9-10-11-12-13/h3-4,7-8,12H,2,5-6,9-11H2,1H3. The fourth-order valence-electron chi connectivity index (χ4n) is 1.03. The van der Waals surface area contributed by atoms with Crippen molar-refractivity contribution in [3.8, 4) is 0 Å². The zero-order valence-corrected chi connectivity index (χ0v) is 8.54. The van der Waals surface area contributed by atoms with Gasteiger partial charge in [-0.2, -0.15) is 0 Å². The lowest BCUT2D eigenvalue weighted by molar-refractivity contribution is -0.107. The van der Waals surface area contributed by atoms with Gasteiger partial charge in [-0.15, -0.1) is 0 Å². The van der Waals surface area contributed by atoms with Gasteiger partial charge in [-0.1, -0.05) is 31.2 Å². The first-order valence-corrected chi connectivity index (χ1v) is 5.15. The summed E-state index contributed by atoms with van der Waals surface area (Å²) in [5, 5.41) is 0. The van der Waals surface area contributed by atoms with Crippen LogP contribution in [0.2, 0.25) is 0 Å². The maximum Gasteiger partial charge on any atom is 0.120 e. The van der Waals surface area contributed by atoms with Crippen molar-refractivity contribution in [3.63, 3.8) is 0 Å². The smallest absolute Gasteiger partial charge is 0.120 e. The van der Waals surface area contributed by atoms with Gasteiger partial charge < -0.3 is 4.79 Å². The Balaban J connectivity index is 3.12. The summed E-state index contributed by atoms with van der Waals surface area (Å²) < 4.78 is 0. The lowest BCUT2D eigenvalue weighted by atomic mass is 10.2. The molecule has 0 atom stereocenters. The van der Waals surface area contributed by atoms with E-state index in [2.05, 4.69) is 31.2 Å². The molecule has 1 heteroatoms. The Kier molecular flexibility index (Phi) is 10.4. The van der Waals surface area contributed by atoms with Gasteiger partial charge in [0.1, 0.15) is 6.29 Å². The van der Waals surface area contributed by atoms with Crippen LogP contribution in [0, 0.1) is 0 Å². The minimum Gasteiger partial charge on any atom is -0.303 e. The first kappa shape index (κ1) is 12.2. The van der Waals surface area contributed by atoms with Gasteiger partial charge in [0.25, 0.3) is 0 Å². The minimum atomic E-state index is 0.695. The van der Waals surface area contributed by atoms with Gasteiger partial charge in [-0.05, 0) is 32.1 Å². The number of aldehydes is 1. The van der Waals surface area contributed by atoms with E-state index in [1.165, 1.54) is 0 Å². The summed E-state index contributed by atoms with van der Waals surface area (Å²) in [5.74, 6) is 0. The van der Waals surface area contributed by atoms with Crippen LogP contribution in [0.25, 0.3) is 0 Å². The van der Waals surface area contributed by atoms with E-state index in [1.54, 1.807) is 0 Å². The van der Waals surface area contributed by atoms with Crippen LogP contribution in [-0.4, -0.2) is 6.29 Å². The van der Waals surface area contributed by atoms with E-state index >= 15 is 0 Å². The highest BCUT2D eigenvalue weighted by Crippen LogP contribution is 1.98. The van der Waals surface area contributed by atoms with E-state index in [0.717, 1.165) is 38.4 Å². The molecule has 0 saturated heterocycles. The van der Waals surface area contributed by atoms with Crippen molar-refractivity contribution in [2.75, 3.05) is 0 Å². The quantitative estimate of drug-likeness (QED) is 0.316. The van der Waals surface area contributed by atoms with Gasteiger partial charge in [0.15, 0.2) is 0 Å². The Morgan fingerprint density at radius 1 is 0.846 bits per heavy atom.